The van der Waals surface area contributed by atoms with Crippen molar-refractivity contribution in [2.75, 3.05) is 21.3 Å². The Morgan fingerprint density at radius 2 is 0.777 bits per heavy atom. The van der Waals surface area contributed by atoms with Gasteiger partial charge in [0.25, 0.3) is 23.6 Å². The van der Waals surface area contributed by atoms with Crippen LogP contribution in [0.15, 0.2) is 257 Å². The maximum atomic E-state index is 12.6. The fourth-order valence-corrected chi connectivity index (χ4v) is 12.6. The molecule has 8 aromatic heterocycles. The average molecular weight is 1380 g/mol. The highest BCUT2D eigenvalue weighted by Gasteiger charge is 2.21. The summed E-state index contributed by atoms with van der Waals surface area (Å²) in [6.45, 7) is 16.7. The lowest BCUT2D eigenvalue weighted by Crippen LogP contribution is -2.13. The number of hydrogen-bond donors (Lipinski definition) is 4. The Labute approximate surface area is 597 Å². The van der Waals surface area contributed by atoms with E-state index in [4.69, 9.17) is 8.94 Å². The fourth-order valence-electron chi connectivity index (χ4n) is 12.0. The van der Waals surface area contributed by atoms with Crippen LogP contribution in [0.3, 0.4) is 0 Å². The largest absolute Gasteiger partial charge is 0.438 e. The number of thiazole rings is 1. The molecular weight excluding hydrogens is 1310 g/mol. The normalized spacial score (nSPS) is 11.0. The smallest absolute Gasteiger partial charge is 0.293 e. The molecule has 8 heterocycles. The number of para-hydroxylation sites is 4. The van der Waals surface area contributed by atoms with Crippen LogP contribution >= 0.6 is 11.3 Å². The van der Waals surface area contributed by atoms with Crippen molar-refractivity contribution in [3.8, 4) is 0 Å². The van der Waals surface area contributed by atoms with Crippen molar-refractivity contribution < 1.29 is 32.7 Å². The molecule has 16 rings (SSSR count). The van der Waals surface area contributed by atoms with E-state index in [-0.39, 0.29) is 35.1 Å². The number of nitrogens with zero attached hydrogens (tertiary/aromatic N) is 9. The Bertz CT molecular complexity index is 5220. The number of fused-ring (bicyclic) bond motifs is 4. The lowest BCUT2D eigenvalue weighted by molar-refractivity contribution is 0.0991. The molecule has 21 heteroatoms. The number of amides is 4. The monoisotopic (exact) mass is 1380 g/mol. The number of nitrogens with one attached hydrogen (secondary N) is 4. The Balaban J connectivity index is 0.000000122. The minimum Gasteiger partial charge on any atom is -0.438 e. The van der Waals surface area contributed by atoms with E-state index < -0.39 is 0 Å². The van der Waals surface area contributed by atoms with E-state index in [9.17, 15) is 19.2 Å². The first kappa shape index (κ1) is 68.5. The molecule has 0 aliphatic rings. The number of rotatable bonds is 16. The second kappa shape index (κ2) is 31.0. The fraction of sp³-hybridized carbons (Fsp3) is 0.134. The molecule has 4 N–H and O–H groups in total. The van der Waals surface area contributed by atoms with E-state index in [2.05, 4.69) is 213 Å². The van der Waals surface area contributed by atoms with Crippen LogP contribution < -0.4 is 21.3 Å². The highest BCUT2D eigenvalue weighted by Crippen LogP contribution is 2.32. The molecule has 0 radical (unpaired) electrons. The molecule has 0 atom stereocenters. The highest BCUT2D eigenvalue weighted by molar-refractivity contribution is 7.09. The van der Waals surface area contributed by atoms with Gasteiger partial charge in [-0.05, 0) is 100 Å². The summed E-state index contributed by atoms with van der Waals surface area (Å²) in [5.41, 5.74) is 21.1. The first-order valence-electron chi connectivity index (χ1n) is 33.3. The first-order valence-corrected chi connectivity index (χ1v) is 34.2. The number of anilines is 4. The van der Waals surface area contributed by atoms with E-state index >= 15 is 0 Å². The summed E-state index contributed by atoms with van der Waals surface area (Å²) in [6, 6.07) is 66.0. The molecule has 0 bridgehead atoms. The molecular formula is C82H73N13O7S. The van der Waals surface area contributed by atoms with E-state index in [0.717, 1.165) is 97.4 Å². The van der Waals surface area contributed by atoms with Gasteiger partial charge in [-0.3, -0.25) is 19.2 Å². The van der Waals surface area contributed by atoms with Gasteiger partial charge in [-0.25, -0.2) is 14.6 Å². The summed E-state index contributed by atoms with van der Waals surface area (Å²) in [7, 11) is 0. The van der Waals surface area contributed by atoms with Gasteiger partial charge in [0.15, 0.2) is 12.1 Å². The maximum absolute atomic E-state index is 12.6. The van der Waals surface area contributed by atoms with Crippen LogP contribution in [0, 0.1) is 48.5 Å². The van der Waals surface area contributed by atoms with Crippen LogP contribution in [-0.2, 0) is 26.2 Å². The third-order valence-corrected chi connectivity index (χ3v) is 18.3. The summed E-state index contributed by atoms with van der Waals surface area (Å²) in [5.74, 6) is -0.790. The lowest BCUT2D eigenvalue weighted by atomic mass is 10.1. The SMILES string of the molecule is Cc1ccc(Cn2cc(NC(=O)c3cnon3)c3ccccc32)cc1.Cc1ccc(Cn2cc(NC(=O)c3conc3C)c3ccccc32)cc1.Cc1ccc(Cn2cc(NC(=O)c3ncsc3C)c3ccccc32)cc1.Cc1ccc(Cn2cc(NC(=O)c3ocnc3C)c3ccccc32)cc1. The number of carbonyl (C=O) groups is 4. The first-order chi connectivity index (χ1) is 50.0. The Kier molecular flexibility index (Phi) is 20.6. The minimum absolute atomic E-state index is 0.148. The van der Waals surface area contributed by atoms with E-state index in [1.165, 1.54) is 74.7 Å². The van der Waals surface area contributed by atoms with Gasteiger partial charge < -0.3 is 48.5 Å². The topological polar surface area (TPSA) is 240 Å². The second-order valence-corrected chi connectivity index (χ2v) is 26.2. The number of aromatic nitrogens is 9. The summed E-state index contributed by atoms with van der Waals surface area (Å²) < 4.78 is 23.1. The maximum Gasteiger partial charge on any atom is 0.293 e. The van der Waals surface area contributed by atoms with E-state index in [1.807, 2.05) is 111 Å². The van der Waals surface area contributed by atoms with Crippen LogP contribution in [0.1, 0.15) is 103 Å². The lowest BCUT2D eigenvalue weighted by Gasteiger charge is -2.05. The van der Waals surface area contributed by atoms with Crippen molar-refractivity contribution in [1.82, 2.24) is 43.7 Å². The molecule has 20 nitrogen and oxygen atoms in total. The number of hydrogen-bond acceptors (Lipinski definition) is 13. The Hall–Kier alpha value is -13.0. The third-order valence-electron chi connectivity index (χ3n) is 17.5. The van der Waals surface area contributed by atoms with Crippen LogP contribution in [0.5, 0.6) is 0 Å². The molecule has 0 saturated carbocycles. The molecule has 514 valence electrons. The molecule has 0 unspecified atom stereocenters. The van der Waals surface area contributed by atoms with Crippen LogP contribution in [0.25, 0.3) is 43.6 Å². The van der Waals surface area contributed by atoms with Crippen molar-refractivity contribution in [1.29, 1.82) is 0 Å². The van der Waals surface area contributed by atoms with E-state index in [1.54, 1.807) is 19.4 Å². The Morgan fingerprint density at radius 1 is 0.408 bits per heavy atom. The molecule has 4 amide bonds. The van der Waals surface area contributed by atoms with Gasteiger partial charge in [0.1, 0.15) is 23.7 Å². The van der Waals surface area contributed by atoms with Crippen LogP contribution in [-0.4, -0.2) is 67.3 Å². The summed E-state index contributed by atoms with van der Waals surface area (Å²) in [6.07, 6.45) is 11.8. The zero-order valence-corrected chi connectivity index (χ0v) is 58.5. The summed E-state index contributed by atoms with van der Waals surface area (Å²) in [4.78, 5) is 58.9. The van der Waals surface area contributed by atoms with Crippen molar-refractivity contribution in [3.05, 3.63) is 327 Å². The molecule has 0 saturated heterocycles. The molecule has 103 heavy (non-hydrogen) atoms. The molecule has 0 aliphatic heterocycles. The number of oxazole rings is 1. The molecule has 0 aliphatic carbocycles. The summed E-state index contributed by atoms with van der Waals surface area (Å²) in [5, 5.41) is 26.6. The minimum atomic E-state index is -0.348. The average Bonchev–Trinajstić information content (AvgIpc) is 1.67. The van der Waals surface area contributed by atoms with E-state index in [0.29, 0.717) is 22.6 Å². The zero-order valence-electron chi connectivity index (χ0n) is 57.7. The van der Waals surface area contributed by atoms with Crippen molar-refractivity contribution in [2.24, 2.45) is 0 Å². The number of aryl methyl sites for hydroxylation is 7. The quantitative estimate of drug-likeness (QED) is 0.0706. The predicted molar refractivity (Wildman–Crippen MR) is 404 cm³/mol. The molecule has 0 spiro atoms. The molecule has 16 aromatic rings. The summed E-state index contributed by atoms with van der Waals surface area (Å²) >= 11 is 1.48. The second-order valence-electron chi connectivity index (χ2n) is 25.1. The van der Waals surface area contributed by atoms with Gasteiger partial charge in [-0.2, -0.15) is 0 Å². The third kappa shape index (κ3) is 16.2. The van der Waals surface area contributed by atoms with Gasteiger partial charge in [-0.15, -0.1) is 11.3 Å². The van der Waals surface area contributed by atoms with Gasteiger partial charge in [-0.1, -0.05) is 202 Å². The number of benzene rings is 8. The predicted octanol–water partition coefficient (Wildman–Crippen LogP) is 17.7. The van der Waals surface area contributed by atoms with Crippen LogP contribution in [0.4, 0.5) is 22.7 Å². The molecule has 0 fully saturated rings. The highest BCUT2D eigenvalue weighted by atomic mass is 32.1. The number of carbonyl (C=O) groups excluding carboxylic acids is 4. The van der Waals surface area contributed by atoms with Gasteiger partial charge in [0.2, 0.25) is 5.76 Å². The Morgan fingerprint density at radius 3 is 1.11 bits per heavy atom. The zero-order chi connectivity index (χ0) is 71.5. The van der Waals surface area contributed by atoms with Gasteiger partial charge >= 0.3 is 0 Å². The molecule has 8 aromatic carbocycles. The standard InChI is InChI=1S/2C21H19N3O2.C21H19N3OS.C19H16N4O2/c1-14-7-9-16(10-8-14)11-24-12-19(17-5-3-4-6-20(17)24)22-21(25)18-13-26-23-15(18)2;1-14-7-9-16(10-8-14)11-24-12-18(17-5-3-4-6-19(17)24)23-21(25)20-15(2)22-13-26-20;1-14-7-9-16(10-8-14)11-24-12-18(17-5-3-4-6-19(17)24)23-21(25)20-15(2)26-13-22-20;1-13-6-8-14(9-7-13)11-23-12-17(15-4-2-3-5-18(15)23)21-19(24)16-10-20-25-22-16/h3-10,12-13H,11H2,1-2H3,(H,22,25);2*3-10,12-13H,11H2,1-2H3,(H,23,25);2-10,12H,11H2,1H3,(H,21,24). The van der Waals surface area contributed by atoms with Gasteiger partial charge in [0.05, 0.1) is 61.7 Å². The van der Waals surface area contributed by atoms with Crippen molar-refractivity contribution in [3.63, 3.8) is 0 Å². The van der Waals surface area contributed by atoms with Crippen molar-refractivity contribution in [2.45, 2.75) is 74.6 Å². The van der Waals surface area contributed by atoms with Crippen LogP contribution in [0.2, 0.25) is 0 Å². The van der Waals surface area contributed by atoms with Crippen molar-refractivity contribution >= 4 is 101 Å². The van der Waals surface area contributed by atoms with Gasteiger partial charge in [0, 0.05) is 77.4 Å².